The lowest BCUT2D eigenvalue weighted by atomic mass is 9.95. The van der Waals surface area contributed by atoms with Crippen LogP contribution in [0.25, 0.3) is 5.76 Å². The molecule has 1 amide bonds. The minimum Gasteiger partial charge on any atom is -0.507 e. The molecule has 1 aliphatic rings. The number of hydrogen-bond acceptors (Lipinski definition) is 6. The molecule has 1 fully saturated rings. The minimum absolute atomic E-state index is 0.134. The molecule has 3 aromatic carbocycles. The molecule has 0 radical (unpaired) electrons. The zero-order valence-corrected chi connectivity index (χ0v) is 19.2. The number of Topliss-reactive ketones (excluding diaryl/α,β-unsaturated/α-hetero) is 1. The van der Waals surface area contributed by atoms with Gasteiger partial charge in [0.25, 0.3) is 5.78 Å². The molecular formula is C28H21FN2O5. The van der Waals surface area contributed by atoms with Crippen molar-refractivity contribution in [3.8, 4) is 5.75 Å². The lowest BCUT2D eigenvalue weighted by molar-refractivity contribution is -0.132. The summed E-state index contributed by atoms with van der Waals surface area (Å²) in [7, 11) is 0. The number of aliphatic hydroxyl groups is 1. The fourth-order valence-electron chi connectivity index (χ4n) is 4.10. The van der Waals surface area contributed by atoms with Crippen LogP contribution in [0.4, 0.5) is 10.2 Å². The van der Waals surface area contributed by atoms with Gasteiger partial charge in [0.15, 0.2) is 5.82 Å². The predicted octanol–water partition coefficient (Wildman–Crippen LogP) is 5.33. The number of aromatic nitrogens is 1. The van der Waals surface area contributed by atoms with Gasteiger partial charge in [-0.2, -0.15) is 0 Å². The third-order valence-electron chi connectivity index (χ3n) is 5.87. The van der Waals surface area contributed by atoms with Crippen LogP contribution in [-0.2, 0) is 16.2 Å². The Labute approximate surface area is 206 Å². The SMILES string of the molecule is Cc1cc(N2C(=O)C(=O)/C(=C(/O)c3ccc(F)cc3)[C@@H]2c2ccc(OCc3ccccc3)cc2)no1. The Hall–Kier alpha value is -4.72. The minimum atomic E-state index is -0.984. The molecule has 1 saturated heterocycles. The normalized spacial score (nSPS) is 16.9. The second kappa shape index (κ2) is 9.50. The summed E-state index contributed by atoms with van der Waals surface area (Å²) in [6.07, 6.45) is 0. The molecule has 1 aromatic heterocycles. The quantitative estimate of drug-likeness (QED) is 0.226. The summed E-state index contributed by atoms with van der Waals surface area (Å²) >= 11 is 0. The number of nitrogens with zero attached hydrogens (tertiary/aromatic N) is 2. The molecule has 0 bridgehead atoms. The number of halogens is 1. The highest BCUT2D eigenvalue weighted by molar-refractivity contribution is 6.51. The Morgan fingerprint density at radius 2 is 1.72 bits per heavy atom. The molecule has 7 nitrogen and oxygen atoms in total. The number of hydrogen-bond donors (Lipinski definition) is 1. The standard InChI is InChI=1S/C28H21FN2O5/c1-17-15-23(30-36-17)31-25(19-9-13-22(14-10-19)35-16-18-5-3-2-4-6-18)24(27(33)28(31)34)26(32)20-7-11-21(29)12-8-20/h2-15,25,32H,16H2,1H3/b26-24+/t25-/m0/s1. The number of ketones is 1. The van der Waals surface area contributed by atoms with Crippen LogP contribution in [-0.4, -0.2) is 22.0 Å². The van der Waals surface area contributed by atoms with Gasteiger partial charge in [-0.1, -0.05) is 47.6 Å². The number of benzene rings is 3. The molecule has 1 atom stereocenters. The van der Waals surface area contributed by atoms with Gasteiger partial charge in [-0.05, 0) is 54.4 Å². The second-order valence-corrected chi connectivity index (χ2v) is 8.32. The first-order valence-electron chi connectivity index (χ1n) is 11.2. The number of aryl methyl sites for hydroxylation is 1. The van der Waals surface area contributed by atoms with E-state index in [2.05, 4.69) is 5.16 Å². The van der Waals surface area contributed by atoms with Crippen LogP contribution in [0.1, 0.15) is 28.5 Å². The second-order valence-electron chi connectivity index (χ2n) is 8.32. The fraction of sp³-hybridized carbons (Fsp3) is 0.107. The van der Waals surface area contributed by atoms with Crippen molar-refractivity contribution in [2.24, 2.45) is 0 Å². The average molecular weight is 484 g/mol. The number of carbonyl (C=O) groups excluding carboxylic acids is 2. The Morgan fingerprint density at radius 3 is 2.36 bits per heavy atom. The summed E-state index contributed by atoms with van der Waals surface area (Å²) in [5, 5.41) is 15.0. The Kier molecular flexibility index (Phi) is 6.08. The van der Waals surface area contributed by atoms with E-state index in [1.165, 1.54) is 35.2 Å². The van der Waals surface area contributed by atoms with E-state index in [1.54, 1.807) is 31.2 Å². The molecule has 180 valence electrons. The largest absolute Gasteiger partial charge is 0.507 e. The first kappa shape index (κ1) is 23.0. The number of amides is 1. The Morgan fingerprint density at radius 1 is 1.03 bits per heavy atom. The first-order valence-corrected chi connectivity index (χ1v) is 11.2. The van der Waals surface area contributed by atoms with Gasteiger partial charge in [0.1, 0.15) is 29.7 Å². The van der Waals surface area contributed by atoms with Gasteiger partial charge >= 0.3 is 5.91 Å². The number of anilines is 1. The van der Waals surface area contributed by atoms with E-state index >= 15 is 0 Å². The van der Waals surface area contributed by atoms with E-state index in [9.17, 15) is 19.1 Å². The van der Waals surface area contributed by atoms with E-state index in [0.29, 0.717) is 23.7 Å². The van der Waals surface area contributed by atoms with Crippen LogP contribution in [0.2, 0.25) is 0 Å². The van der Waals surface area contributed by atoms with Crippen molar-refractivity contribution >= 4 is 23.3 Å². The van der Waals surface area contributed by atoms with Crippen molar-refractivity contribution in [2.45, 2.75) is 19.6 Å². The molecule has 1 aliphatic heterocycles. The van der Waals surface area contributed by atoms with Crippen LogP contribution in [0.5, 0.6) is 5.75 Å². The maximum atomic E-state index is 13.4. The van der Waals surface area contributed by atoms with E-state index in [4.69, 9.17) is 9.26 Å². The van der Waals surface area contributed by atoms with Crippen molar-refractivity contribution < 1.29 is 28.3 Å². The van der Waals surface area contributed by atoms with Crippen LogP contribution in [0, 0.1) is 12.7 Å². The highest BCUT2D eigenvalue weighted by Crippen LogP contribution is 2.42. The van der Waals surface area contributed by atoms with Gasteiger partial charge in [-0.25, -0.2) is 4.39 Å². The molecule has 4 aromatic rings. The highest BCUT2D eigenvalue weighted by Gasteiger charge is 2.48. The lowest BCUT2D eigenvalue weighted by Gasteiger charge is -2.23. The van der Waals surface area contributed by atoms with Crippen LogP contribution in [0.3, 0.4) is 0 Å². The lowest BCUT2D eigenvalue weighted by Crippen LogP contribution is -2.29. The summed E-state index contributed by atoms with van der Waals surface area (Å²) < 4.78 is 24.4. The Balaban J connectivity index is 1.54. The summed E-state index contributed by atoms with van der Waals surface area (Å²) in [6, 6.07) is 22.2. The molecule has 8 heteroatoms. The predicted molar refractivity (Wildman–Crippen MR) is 130 cm³/mol. The smallest absolute Gasteiger partial charge is 0.301 e. The molecule has 0 saturated carbocycles. The maximum absolute atomic E-state index is 13.4. The third kappa shape index (κ3) is 4.36. The molecule has 1 N–H and O–H groups in total. The molecule has 0 unspecified atom stereocenters. The van der Waals surface area contributed by atoms with Gasteiger partial charge in [0.05, 0.1) is 11.6 Å². The van der Waals surface area contributed by atoms with Crippen molar-refractivity contribution in [3.63, 3.8) is 0 Å². The zero-order valence-electron chi connectivity index (χ0n) is 19.2. The summed E-state index contributed by atoms with van der Waals surface area (Å²) in [6.45, 7) is 2.04. The van der Waals surface area contributed by atoms with Crippen molar-refractivity contribution in [1.29, 1.82) is 0 Å². The summed E-state index contributed by atoms with van der Waals surface area (Å²) in [5.74, 6) is -1.46. The van der Waals surface area contributed by atoms with E-state index < -0.39 is 29.3 Å². The average Bonchev–Trinajstić information content (AvgIpc) is 3.44. The molecule has 2 heterocycles. The maximum Gasteiger partial charge on any atom is 0.301 e. The van der Waals surface area contributed by atoms with Gasteiger partial charge in [-0.3, -0.25) is 14.5 Å². The first-order chi connectivity index (χ1) is 17.4. The van der Waals surface area contributed by atoms with Crippen molar-refractivity contribution in [2.75, 3.05) is 4.90 Å². The number of aliphatic hydroxyl groups excluding tert-OH is 1. The van der Waals surface area contributed by atoms with E-state index in [-0.39, 0.29) is 17.0 Å². The van der Waals surface area contributed by atoms with Crippen molar-refractivity contribution in [3.05, 3.63) is 119 Å². The number of ether oxygens (including phenoxy) is 1. The van der Waals surface area contributed by atoms with Crippen LogP contribution in [0.15, 0.2) is 95.0 Å². The highest BCUT2D eigenvalue weighted by atomic mass is 19.1. The van der Waals surface area contributed by atoms with Gasteiger partial charge in [0.2, 0.25) is 0 Å². The van der Waals surface area contributed by atoms with Crippen molar-refractivity contribution in [1.82, 2.24) is 5.16 Å². The van der Waals surface area contributed by atoms with Gasteiger partial charge in [0, 0.05) is 11.6 Å². The fourth-order valence-corrected chi connectivity index (χ4v) is 4.10. The monoisotopic (exact) mass is 484 g/mol. The van der Waals surface area contributed by atoms with Gasteiger partial charge < -0.3 is 14.4 Å². The topological polar surface area (TPSA) is 92.9 Å². The molecule has 36 heavy (non-hydrogen) atoms. The Bertz CT molecular complexity index is 1440. The third-order valence-corrected chi connectivity index (χ3v) is 5.87. The van der Waals surface area contributed by atoms with Gasteiger partial charge in [-0.15, -0.1) is 0 Å². The molecule has 0 aliphatic carbocycles. The molecular weight excluding hydrogens is 463 g/mol. The summed E-state index contributed by atoms with van der Waals surface area (Å²) in [5.41, 5.74) is 1.63. The van der Waals surface area contributed by atoms with Crippen LogP contribution < -0.4 is 9.64 Å². The summed E-state index contributed by atoms with van der Waals surface area (Å²) in [4.78, 5) is 27.4. The molecule has 5 rings (SSSR count). The van der Waals surface area contributed by atoms with Crippen LogP contribution >= 0.6 is 0 Å². The zero-order chi connectivity index (χ0) is 25.2. The number of carbonyl (C=O) groups is 2. The number of rotatable bonds is 6. The van der Waals surface area contributed by atoms with E-state index in [0.717, 1.165) is 5.56 Å². The van der Waals surface area contributed by atoms with E-state index in [1.807, 2.05) is 30.3 Å². The molecule has 0 spiro atoms.